The molecule has 0 heterocycles. The van der Waals surface area contributed by atoms with E-state index in [0.29, 0.717) is 5.56 Å². The van der Waals surface area contributed by atoms with Crippen LogP contribution >= 0.6 is 0 Å². The normalized spacial score (nSPS) is 12.9. The van der Waals surface area contributed by atoms with Crippen LogP contribution in [0.3, 0.4) is 0 Å². The van der Waals surface area contributed by atoms with Crippen LogP contribution in [0, 0.1) is 0 Å². The summed E-state index contributed by atoms with van der Waals surface area (Å²) in [6, 6.07) is 5.49. The van der Waals surface area contributed by atoms with Gasteiger partial charge in [-0.05, 0) is 24.3 Å². The average molecular weight is 302 g/mol. The third-order valence-corrected chi connectivity index (χ3v) is 3.96. The number of methoxy groups -OCH3 is 1. The topological polar surface area (TPSA) is 105 Å². The van der Waals surface area contributed by atoms with E-state index < -0.39 is 16.1 Å². The summed E-state index contributed by atoms with van der Waals surface area (Å²) in [4.78, 5) is 11.4. The van der Waals surface area contributed by atoms with Gasteiger partial charge in [0.05, 0.1) is 17.6 Å². The van der Waals surface area contributed by atoms with Crippen LogP contribution in [0.5, 0.6) is 0 Å². The van der Waals surface area contributed by atoms with Gasteiger partial charge in [-0.2, -0.15) is 0 Å². The average Bonchev–Trinajstić information content (AvgIpc) is 2.45. The second kappa shape index (κ2) is 7.34. The van der Waals surface area contributed by atoms with Gasteiger partial charge >= 0.3 is 0 Å². The summed E-state index contributed by atoms with van der Waals surface area (Å²) in [6.45, 7) is -0.106. The second-order valence-corrected chi connectivity index (χ2v) is 5.83. The van der Waals surface area contributed by atoms with Crippen molar-refractivity contribution in [1.29, 1.82) is 0 Å². The SMILES string of the molecule is CNC(=O)c1ccc(S(=O)(=O)NCC(O)COC)cc1. The molecule has 0 aromatic heterocycles. The number of hydrogen-bond acceptors (Lipinski definition) is 5. The number of rotatable bonds is 7. The maximum absolute atomic E-state index is 11.9. The molecular formula is C12H18N2O5S. The summed E-state index contributed by atoms with van der Waals surface area (Å²) in [5, 5.41) is 11.8. The summed E-state index contributed by atoms with van der Waals surface area (Å²) in [6.07, 6.45) is -0.917. The Kier molecular flexibility index (Phi) is 6.08. The van der Waals surface area contributed by atoms with Crippen molar-refractivity contribution in [2.45, 2.75) is 11.0 Å². The Bertz CT molecular complexity index is 541. The van der Waals surface area contributed by atoms with Gasteiger partial charge in [0, 0.05) is 26.3 Å². The lowest BCUT2D eigenvalue weighted by atomic mass is 10.2. The van der Waals surface area contributed by atoms with Gasteiger partial charge in [0.1, 0.15) is 0 Å². The van der Waals surface area contributed by atoms with Gasteiger partial charge < -0.3 is 15.2 Å². The molecule has 0 saturated heterocycles. The molecule has 0 saturated carbocycles. The maximum atomic E-state index is 11.9. The molecule has 3 N–H and O–H groups in total. The highest BCUT2D eigenvalue weighted by Gasteiger charge is 2.16. The van der Waals surface area contributed by atoms with E-state index in [1.165, 1.54) is 38.4 Å². The van der Waals surface area contributed by atoms with Crippen molar-refractivity contribution in [1.82, 2.24) is 10.0 Å². The first-order valence-corrected chi connectivity index (χ1v) is 7.38. The van der Waals surface area contributed by atoms with Gasteiger partial charge in [0.2, 0.25) is 10.0 Å². The van der Waals surface area contributed by atoms with Crippen molar-refractivity contribution in [3.8, 4) is 0 Å². The molecule has 1 unspecified atom stereocenters. The molecule has 112 valence electrons. The van der Waals surface area contributed by atoms with Crippen LogP contribution in [-0.4, -0.2) is 52.8 Å². The minimum atomic E-state index is -3.72. The number of carbonyl (C=O) groups excluding carboxylic acids is 1. The Morgan fingerprint density at radius 2 is 1.95 bits per heavy atom. The molecule has 0 spiro atoms. The van der Waals surface area contributed by atoms with Gasteiger partial charge in [-0.25, -0.2) is 13.1 Å². The lowest BCUT2D eigenvalue weighted by molar-refractivity contribution is 0.0679. The molecule has 0 bridgehead atoms. The molecule has 1 amide bonds. The number of benzene rings is 1. The molecule has 1 aromatic rings. The summed E-state index contributed by atoms with van der Waals surface area (Å²) in [5.41, 5.74) is 0.367. The van der Waals surface area contributed by atoms with Gasteiger partial charge in [-0.3, -0.25) is 4.79 Å². The Morgan fingerprint density at radius 3 is 2.45 bits per heavy atom. The minimum Gasteiger partial charge on any atom is -0.389 e. The molecule has 0 aliphatic rings. The standard InChI is InChI=1S/C12H18N2O5S/c1-13-12(16)9-3-5-11(6-4-9)20(17,18)14-7-10(15)8-19-2/h3-6,10,14-15H,7-8H2,1-2H3,(H,13,16). The molecule has 0 aliphatic heterocycles. The van der Waals surface area contributed by atoms with Crippen molar-refractivity contribution < 1.29 is 23.1 Å². The van der Waals surface area contributed by atoms with Gasteiger partial charge in [-0.1, -0.05) is 0 Å². The third kappa shape index (κ3) is 4.57. The van der Waals surface area contributed by atoms with E-state index >= 15 is 0 Å². The first kappa shape index (κ1) is 16.6. The van der Waals surface area contributed by atoms with Crippen molar-refractivity contribution in [2.24, 2.45) is 0 Å². The van der Waals surface area contributed by atoms with Gasteiger partial charge in [-0.15, -0.1) is 0 Å². The third-order valence-electron chi connectivity index (χ3n) is 2.52. The molecule has 0 aliphatic carbocycles. The van der Waals surface area contributed by atoms with E-state index in [0.717, 1.165) is 0 Å². The zero-order valence-corrected chi connectivity index (χ0v) is 12.1. The summed E-state index contributed by atoms with van der Waals surface area (Å²) < 4.78 is 30.8. The fourth-order valence-corrected chi connectivity index (χ4v) is 2.54. The van der Waals surface area contributed by atoms with Gasteiger partial charge in [0.15, 0.2) is 0 Å². The quantitative estimate of drug-likeness (QED) is 0.620. The maximum Gasteiger partial charge on any atom is 0.251 e. The largest absolute Gasteiger partial charge is 0.389 e. The number of carbonyl (C=O) groups is 1. The van der Waals surface area contributed by atoms with E-state index in [9.17, 15) is 18.3 Å². The molecule has 7 nitrogen and oxygen atoms in total. The summed E-state index contributed by atoms with van der Waals surface area (Å²) in [7, 11) is -0.816. The minimum absolute atomic E-state index is 0.0229. The van der Waals surface area contributed by atoms with Crippen LogP contribution in [0.4, 0.5) is 0 Å². The number of hydrogen-bond donors (Lipinski definition) is 3. The monoisotopic (exact) mass is 302 g/mol. The van der Waals surface area contributed by atoms with E-state index in [1.54, 1.807) is 0 Å². The van der Waals surface area contributed by atoms with Crippen LogP contribution in [-0.2, 0) is 14.8 Å². The number of nitrogens with one attached hydrogen (secondary N) is 2. The highest BCUT2D eigenvalue weighted by molar-refractivity contribution is 7.89. The number of ether oxygens (including phenoxy) is 1. The van der Waals surface area contributed by atoms with Gasteiger partial charge in [0.25, 0.3) is 5.91 Å². The Hall–Kier alpha value is -1.48. The van der Waals surface area contributed by atoms with E-state index in [1.807, 2.05) is 0 Å². The Balaban J connectivity index is 2.75. The molecule has 8 heteroatoms. The van der Waals surface area contributed by atoms with Crippen molar-refractivity contribution in [2.75, 3.05) is 27.3 Å². The zero-order chi connectivity index (χ0) is 15.2. The van der Waals surface area contributed by atoms with Crippen molar-refractivity contribution in [3.05, 3.63) is 29.8 Å². The van der Waals surface area contributed by atoms with Crippen LogP contribution in [0.25, 0.3) is 0 Å². The Morgan fingerprint density at radius 1 is 1.35 bits per heavy atom. The molecule has 1 aromatic carbocycles. The summed E-state index contributed by atoms with van der Waals surface area (Å²) in [5.74, 6) is -0.294. The van der Waals surface area contributed by atoms with Crippen molar-refractivity contribution in [3.63, 3.8) is 0 Å². The number of sulfonamides is 1. The molecular weight excluding hydrogens is 284 g/mol. The smallest absolute Gasteiger partial charge is 0.251 e. The first-order chi connectivity index (χ1) is 9.40. The summed E-state index contributed by atoms with van der Waals surface area (Å²) >= 11 is 0. The predicted molar refractivity (Wildman–Crippen MR) is 72.9 cm³/mol. The lowest BCUT2D eigenvalue weighted by Crippen LogP contribution is -2.34. The molecule has 0 fully saturated rings. The second-order valence-electron chi connectivity index (χ2n) is 4.06. The highest BCUT2D eigenvalue weighted by Crippen LogP contribution is 2.10. The van der Waals surface area contributed by atoms with E-state index in [2.05, 4.69) is 10.0 Å². The molecule has 0 radical (unpaired) electrons. The molecule has 20 heavy (non-hydrogen) atoms. The van der Waals surface area contributed by atoms with Crippen LogP contribution < -0.4 is 10.0 Å². The fourth-order valence-electron chi connectivity index (χ4n) is 1.47. The number of aliphatic hydroxyl groups excluding tert-OH is 1. The van der Waals surface area contributed by atoms with E-state index in [4.69, 9.17) is 4.74 Å². The van der Waals surface area contributed by atoms with Crippen LogP contribution in [0.2, 0.25) is 0 Å². The first-order valence-electron chi connectivity index (χ1n) is 5.89. The zero-order valence-electron chi connectivity index (χ0n) is 11.3. The lowest BCUT2D eigenvalue weighted by Gasteiger charge is -2.11. The van der Waals surface area contributed by atoms with E-state index in [-0.39, 0.29) is 24.0 Å². The highest BCUT2D eigenvalue weighted by atomic mass is 32.2. The number of amides is 1. The predicted octanol–water partition coefficient (Wildman–Crippen LogP) is -0.668. The number of aliphatic hydroxyl groups is 1. The Labute approximate surface area is 118 Å². The molecule has 1 rings (SSSR count). The molecule has 1 atom stereocenters. The van der Waals surface area contributed by atoms with Crippen LogP contribution in [0.15, 0.2) is 29.2 Å². The van der Waals surface area contributed by atoms with Crippen LogP contribution in [0.1, 0.15) is 10.4 Å². The van der Waals surface area contributed by atoms with Crippen molar-refractivity contribution >= 4 is 15.9 Å². The fraction of sp³-hybridized carbons (Fsp3) is 0.417.